The SMILES string of the molecule is CCc1nn(CC)c(CC(O)c2cccc(Cl)c2F)c1Br. The molecule has 2 aromatic rings. The summed E-state index contributed by atoms with van der Waals surface area (Å²) in [6.45, 7) is 4.69. The summed E-state index contributed by atoms with van der Waals surface area (Å²) in [4.78, 5) is 0. The number of benzene rings is 1. The molecular weight excluding hydrogens is 359 g/mol. The molecule has 0 saturated carbocycles. The standard InChI is InChI=1S/C15H17BrClFN2O/c1-3-11-14(16)12(20(4-2)19-11)8-13(21)9-6-5-7-10(17)15(9)18/h5-7,13,21H,3-4,8H2,1-2H3. The van der Waals surface area contributed by atoms with Gasteiger partial charge in [-0.25, -0.2) is 4.39 Å². The van der Waals surface area contributed by atoms with Crippen LogP contribution in [-0.4, -0.2) is 14.9 Å². The van der Waals surface area contributed by atoms with Crippen molar-refractivity contribution in [2.24, 2.45) is 0 Å². The Bertz CT molecular complexity index is 645. The van der Waals surface area contributed by atoms with Gasteiger partial charge in [0, 0.05) is 18.5 Å². The number of hydrogen-bond acceptors (Lipinski definition) is 2. The summed E-state index contributed by atoms with van der Waals surface area (Å²) < 4.78 is 16.7. The van der Waals surface area contributed by atoms with Gasteiger partial charge in [0.05, 0.1) is 27.0 Å². The van der Waals surface area contributed by atoms with Crippen molar-refractivity contribution >= 4 is 27.5 Å². The number of halogens is 3. The summed E-state index contributed by atoms with van der Waals surface area (Å²) in [6.07, 6.45) is 0.104. The molecule has 1 atom stereocenters. The maximum atomic E-state index is 14.0. The van der Waals surface area contributed by atoms with Crippen molar-refractivity contribution < 1.29 is 9.50 Å². The molecule has 3 nitrogen and oxygen atoms in total. The van der Waals surface area contributed by atoms with E-state index in [1.54, 1.807) is 12.1 Å². The smallest absolute Gasteiger partial charge is 0.147 e. The van der Waals surface area contributed by atoms with Crippen LogP contribution < -0.4 is 0 Å². The van der Waals surface area contributed by atoms with Crippen LogP contribution in [0.2, 0.25) is 5.02 Å². The first kappa shape index (κ1) is 16.5. The van der Waals surface area contributed by atoms with Gasteiger partial charge in [-0.15, -0.1) is 0 Å². The molecule has 0 bridgehead atoms. The Hall–Kier alpha value is -0.910. The van der Waals surface area contributed by atoms with E-state index in [1.165, 1.54) is 6.07 Å². The Kier molecular flexibility index (Phi) is 5.41. The van der Waals surface area contributed by atoms with Crippen molar-refractivity contribution in [2.75, 3.05) is 0 Å². The lowest BCUT2D eigenvalue weighted by Crippen LogP contribution is -2.10. The molecule has 0 spiro atoms. The molecule has 1 unspecified atom stereocenters. The Balaban J connectivity index is 2.33. The molecule has 0 radical (unpaired) electrons. The monoisotopic (exact) mass is 374 g/mol. The number of hydrogen-bond donors (Lipinski definition) is 1. The van der Waals surface area contributed by atoms with Crippen LogP contribution in [0.4, 0.5) is 4.39 Å². The molecule has 1 N–H and O–H groups in total. The highest BCUT2D eigenvalue weighted by Crippen LogP contribution is 2.30. The third kappa shape index (κ3) is 3.30. The van der Waals surface area contributed by atoms with Crippen LogP contribution in [0.1, 0.15) is 36.9 Å². The Morgan fingerprint density at radius 1 is 1.43 bits per heavy atom. The van der Waals surface area contributed by atoms with E-state index in [2.05, 4.69) is 21.0 Å². The highest BCUT2D eigenvalue weighted by Gasteiger charge is 2.21. The Morgan fingerprint density at radius 3 is 2.76 bits per heavy atom. The van der Waals surface area contributed by atoms with Crippen LogP contribution in [0.5, 0.6) is 0 Å². The van der Waals surface area contributed by atoms with Crippen LogP contribution in [0, 0.1) is 5.82 Å². The van der Waals surface area contributed by atoms with Crippen LogP contribution in [0.15, 0.2) is 22.7 Å². The fourth-order valence-corrected chi connectivity index (χ4v) is 3.19. The van der Waals surface area contributed by atoms with Gasteiger partial charge in [0.1, 0.15) is 5.82 Å². The zero-order valence-electron chi connectivity index (χ0n) is 11.9. The van der Waals surface area contributed by atoms with Gasteiger partial charge in [-0.3, -0.25) is 4.68 Å². The molecule has 0 saturated heterocycles. The largest absolute Gasteiger partial charge is 0.388 e. The van der Waals surface area contributed by atoms with Crippen molar-refractivity contribution in [2.45, 2.75) is 39.3 Å². The van der Waals surface area contributed by atoms with Gasteiger partial charge in [-0.05, 0) is 35.3 Å². The van der Waals surface area contributed by atoms with E-state index in [0.717, 1.165) is 22.3 Å². The van der Waals surface area contributed by atoms with E-state index in [4.69, 9.17) is 11.6 Å². The number of nitrogens with zero attached hydrogens (tertiary/aromatic N) is 2. The second kappa shape index (κ2) is 6.90. The van der Waals surface area contributed by atoms with Gasteiger partial charge >= 0.3 is 0 Å². The summed E-state index contributed by atoms with van der Waals surface area (Å²) in [7, 11) is 0. The first-order chi connectivity index (χ1) is 9.99. The first-order valence-corrected chi connectivity index (χ1v) is 8.02. The topological polar surface area (TPSA) is 38.0 Å². The fourth-order valence-electron chi connectivity index (χ4n) is 2.28. The number of aliphatic hydroxyl groups excluding tert-OH is 1. The lowest BCUT2D eigenvalue weighted by molar-refractivity contribution is 0.170. The lowest BCUT2D eigenvalue weighted by Gasteiger charge is -2.14. The van der Waals surface area contributed by atoms with Gasteiger partial charge in [0.25, 0.3) is 0 Å². The minimum Gasteiger partial charge on any atom is -0.388 e. The summed E-state index contributed by atoms with van der Waals surface area (Å²) in [5.41, 5.74) is 2.00. The van der Waals surface area contributed by atoms with Crippen LogP contribution in [0.3, 0.4) is 0 Å². The molecule has 1 aromatic heterocycles. The number of aryl methyl sites for hydroxylation is 2. The second-order valence-electron chi connectivity index (χ2n) is 4.74. The van der Waals surface area contributed by atoms with E-state index in [1.807, 2.05) is 18.5 Å². The molecule has 21 heavy (non-hydrogen) atoms. The normalized spacial score (nSPS) is 12.7. The van der Waals surface area contributed by atoms with Gasteiger partial charge in [0.15, 0.2) is 0 Å². The van der Waals surface area contributed by atoms with Gasteiger partial charge in [0.2, 0.25) is 0 Å². The number of rotatable bonds is 5. The zero-order valence-corrected chi connectivity index (χ0v) is 14.2. The maximum Gasteiger partial charge on any atom is 0.147 e. The average Bonchev–Trinajstić information content (AvgIpc) is 2.78. The maximum absolute atomic E-state index is 14.0. The van der Waals surface area contributed by atoms with Crippen LogP contribution in [0.25, 0.3) is 0 Å². The fraction of sp³-hybridized carbons (Fsp3) is 0.400. The van der Waals surface area contributed by atoms with Crippen molar-refractivity contribution in [3.63, 3.8) is 0 Å². The summed E-state index contributed by atoms with van der Waals surface area (Å²) in [6, 6.07) is 4.65. The summed E-state index contributed by atoms with van der Waals surface area (Å²) in [5, 5.41) is 14.8. The Morgan fingerprint density at radius 2 is 2.14 bits per heavy atom. The van der Waals surface area contributed by atoms with Gasteiger partial charge in [-0.1, -0.05) is 30.7 Å². The van der Waals surface area contributed by atoms with Gasteiger partial charge < -0.3 is 5.11 Å². The van der Waals surface area contributed by atoms with Crippen molar-refractivity contribution in [3.8, 4) is 0 Å². The number of aromatic nitrogens is 2. The molecule has 1 heterocycles. The predicted molar refractivity (Wildman–Crippen MR) is 85.1 cm³/mol. The van der Waals surface area contributed by atoms with Crippen LogP contribution >= 0.6 is 27.5 Å². The van der Waals surface area contributed by atoms with Crippen molar-refractivity contribution in [1.29, 1.82) is 0 Å². The third-order valence-electron chi connectivity index (χ3n) is 3.42. The molecule has 2 rings (SSSR count). The molecule has 0 aliphatic carbocycles. The minimum atomic E-state index is -0.966. The minimum absolute atomic E-state index is 0.0175. The van der Waals surface area contributed by atoms with E-state index in [9.17, 15) is 9.50 Å². The quantitative estimate of drug-likeness (QED) is 0.846. The summed E-state index contributed by atoms with van der Waals surface area (Å²) >= 11 is 9.29. The number of aliphatic hydroxyl groups is 1. The molecular formula is C15H17BrClFN2O. The zero-order chi connectivity index (χ0) is 15.6. The molecule has 0 fully saturated rings. The molecule has 6 heteroatoms. The third-order valence-corrected chi connectivity index (χ3v) is 4.63. The second-order valence-corrected chi connectivity index (χ2v) is 5.94. The Labute approximate surface area is 136 Å². The van der Waals surface area contributed by atoms with E-state index in [-0.39, 0.29) is 17.0 Å². The van der Waals surface area contributed by atoms with Crippen molar-refractivity contribution in [1.82, 2.24) is 9.78 Å². The van der Waals surface area contributed by atoms with Gasteiger partial charge in [-0.2, -0.15) is 5.10 Å². The van der Waals surface area contributed by atoms with E-state index in [0.29, 0.717) is 6.54 Å². The van der Waals surface area contributed by atoms with E-state index < -0.39 is 11.9 Å². The highest BCUT2D eigenvalue weighted by atomic mass is 79.9. The first-order valence-electron chi connectivity index (χ1n) is 6.85. The molecule has 0 amide bonds. The average molecular weight is 376 g/mol. The van der Waals surface area contributed by atoms with Crippen LogP contribution in [-0.2, 0) is 19.4 Å². The van der Waals surface area contributed by atoms with Crippen molar-refractivity contribution in [3.05, 3.63) is 50.5 Å². The molecule has 0 aliphatic heterocycles. The molecule has 114 valence electrons. The van der Waals surface area contributed by atoms with E-state index >= 15 is 0 Å². The highest BCUT2D eigenvalue weighted by molar-refractivity contribution is 9.10. The lowest BCUT2D eigenvalue weighted by atomic mass is 10.0. The summed E-state index contributed by atoms with van der Waals surface area (Å²) in [5.74, 6) is -0.568. The molecule has 1 aromatic carbocycles. The predicted octanol–water partition coefficient (Wildman–Crippen LogP) is 4.30. The molecule has 0 aliphatic rings.